The number of benzene rings is 1. The Hall–Kier alpha value is -2.94. The predicted octanol–water partition coefficient (Wildman–Crippen LogP) is 3.39. The zero-order chi connectivity index (χ0) is 18.2. The van der Waals surface area contributed by atoms with Gasteiger partial charge in [0.05, 0.1) is 17.4 Å². The Labute approximate surface area is 138 Å². The summed E-state index contributed by atoms with van der Waals surface area (Å²) < 4.78 is 50.9. The van der Waals surface area contributed by atoms with E-state index in [1.807, 2.05) is 0 Å². The summed E-state index contributed by atoms with van der Waals surface area (Å²) in [5.74, 6) is -1.48. The van der Waals surface area contributed by atoms with Crippen molar-refractivity contribution in [3.63, 3.8) is 0 Å². The highest BCUT2D eigenvalue weighted by Crippen LogP contribution is 2.30. The second kappa shape index (κ2) is 6.17. The normalized spacial score (nSPS) is 13.0. The summed E-state index contributed by atoms with van der Waals surface area (Å²) >= 11 is 0. The van der Waals surface area contributed by atoms with Crippen molar-refractivity contribution in [3.05, 3.63) is 59.7 Å². The van der Waals surface area contributed by atoms with Gasteiger partial charge in [-0.1, -0.05) is 12.1 Å². The van der Waals surface area contributed by atoms with Crippen LogP contribution in [0.25, 0.3) is 11.0 Å². The van der Waals surface area contributed by atoms with Crippen LogP contribution >= 0.6 is 0 Å². The maximum absolute atomic E-state index is 13.3. The molecule has 130 valence electrons. The molecule has 0 fully saturated rings. The number of fused-ring (bicyclic) bond motifs is 1. The Morgan fingerprint density at radius 2 is 1.92 bits per heavy atom. The number of anilines is 1. The van der Waals surface area contributed by atoms with Gasteiger partial charge in [0.25, 0.3) is 5.91 Å². The van der Waals surface area contributed by atoms with E-state index in [1.54, 1.807) is 0 Å². The van der Waals surface area contributed by atoms with Gasteiger partial charge in [-0.05, 0) is 23.8 Å². The fraction of sp³-hybridized carbons (Fsp3) is 0.125. The number of alkyl halides is 3. The zero-order valence-electron chi connectivity index (χ0n) is 12.4. The largest absolute Gasteiger partial charge is 0.416 e. The van der Waals surface area contributed by atoms with Gasteiger partial charge < -0.3 is 15.4 Å². The summed E-state index contributed by atoms with van der Waals surface area (Å²) in [5, 5.41) is 12.7. The molecule has 3 N–H and O–H groups in total. The number of aliphatic hydroxyl groups excluding tert-OH is 1. The molecule has 0 radical (unpaired) electrons. The first-order chi connectivity index (χ1) is 11.8. The van der Waals surface area contributed by atoms with Gasteiger partial charge in [-0.15, -0.1) is 0 Å². The number of carbonyl (C=O) groups is 1. The Morgan fingerprint density at radius 1 is 1.24 bits per heavy atom. The molecule has 0 aliphatic rings. The van der Waals surface area contributed by atoms with Crippen molar-refractivity contribution in [3.8, 4) is 0 Å². The van der Waals surface area contributed by atoms with Crippen molar-refractivity contribution < 1.29 is 27.5 Å². The lowest BCUT2D eigenvalue weighted by Crippen LogP contribution is -2.20. The summed E-state index contributed by atoms with van der Waals surface area (Å²) in [6, 6.07) is 4.74. The number of nitrogens with one attached hydrogen (secondary N) is 2. The van der Waals surface area contributed by atoms with Gasteiger partial charge in [0.1, 0.15) is 11.5 Å². The van der Waals surface area contributed by atoms with Crippen molar-refractivity contribution >= 4 is 22.6 Å². The molecule has 1 aromatic carbocycles. The monoisotopic (exact) mass is 353 g/mol. The van der Waals surface area contributed by atoms with Crippen LogP contribution in [0.1, 0.15) is 17.2 Å². The van der Waals surface area contributed by atoms with Gasteiger partial charge in [0.15, 0.2) is 6.10 Å². The zero-order valence-corrected chi connectivity index (χ0v) is 12.4. The summed E-state index contributed by atoms with van der Waals surface area (Å²) in [5.41, 5.74) is -0.365. The van der Waals surface area contributed by atoms with Gasteiger partial charge in [0.2, 0.25) is 0 Å². The molecule has 3 rings (SSSR count). The molecule has 0 saturated heterocycles. The Kier molecular flexibility index (Phi) is 4.17. The number of carbonyl (C=O) groups excluding carboxylic acids is 1. The lowest BCUT2D eigenvalue weighted by atomic mass is 10.1. The molecule has 0 aliphatic heterocycles. The number of pyridine rings is 1. The average molecular weight is 353 g/mol. The molecule has 2 aromatic heterocycles. The molecule has 1 atom stereocenters. The van der Waals surface area contributed by atoms with Crippen LogP contribution in [-0.2, 0) is 11.0 Å². The van der Waals surface area contributed by atoms with Crippen LogP contribution < -0.4 is 5.32 Å². The molecule has 0 bridgehead atoms. The van der Waals surface area contributed by atoms with E-state index >= 15 is 0 Å². The molecule has 0 saturated carbocycles. The first kappa shape index (κ1) is 16.9. The molecule has 1 unspecified atom stereocenters. The third-order valence-electron chi connectivity index (χ3n) is 3.56. The first-order valence-electron chi connectivity index (χ1n) is 7.04. The summed E-state index contributed by atoms with van der Waals surface area (Å²) in [4.78, 5) is 18.6. The van der Waals surface area contributed by atoms with Crippen LogP contribution in [0.15, 0.2) is 42.7 Å². The van der Waals surface area contributed by atoms with Crippen LogP contribution in [-0.4, -0.2) is 21.0 Å². The van der Waals surface area contributed by atoms with Crippen molar-refractivity contribution in [1.82, 2.24) is 9.97 Å². The smallest absolute Gasteiger partial charge is 0.378 e. The average Bonchev–Trinajstić information content (AvgIpc) is 2.95. The SMILES string of the molecule is O=C(Nc1c[nH]c2ncc(F)cc12)C(O)c1ccc(C(F)(F)F)cc1. The third-order valence-corrected chi connectivity index (χ3v) is 3.56. The number of amides is 1. The minimum atomic E-state index is -4.51. The number of H-pyrrole nitrogens is 1. The van der Waals surface area contributed by atoms with Crippen molar-refractivity contribution in [1.29, 1.82) is 0 Å². The maximum Gasteiger partial charge on any atom is 0.416 e. The predicted molar refractivity (Wildman–Crippen MR) is 81.1 cm³/mol. The lowest BCUT2D eigenvalue weighted by Gasteiger charge is -2.12. The van der Waals surface area contributed by atoms with E-state index in [2.05, 4.69) is 15.3 Å². The lowest BCUT2D eigenvalue weighted by molar-refractivity contribution is -0.137. The van der Waals surface area contributed by atoms with E-state index in [0.717, 1.165) is 36.5 Å². The molecular weight excluding hydrogens is 342 g/mol. The highest BCUT2D eigenvalue weighted by molar-refractivity contribution is 6.02. The molecule has 2 heterocycles. The third kappa shape index (κ3) is 3.45. The van der Waals surface area contributed by atoms with E-state index in [0.29, 0.717) is 11.0 Å². The summed E-state index contributed by atoms with van der Waals surface area (Å²) in [6.45, 7) is 0. The van der Waals surface area contributed by atoms with Crippen molar-refractivity contribution in [2.24, 2.45) is 0 Å². The molecule has 1 amide bonds. The second-order valence-corrected chi connectivity index (χ2v) is 5.26. The number of hydrogen-bond donors (Lipinski definition) is 3. The van der Waals surface area contributed by atoms with Crippen LogP contribution in [0.3, 0.4) is 0 Å². The van der Waals surface area contributed by atoms with E-state index < -0.39 is 29.6 Å². The Bertz CT molecular complexity index is 919. The van der Waals surface area contributed by atoms with E-state index in [4.69, 9.17) is 0 Å². The van der Waals surface area contributed by atoms with E-state index in [9.17, 15) is 27.5 Å². The molecule has 9 heteroatoms. The minimum absolute atomic E-state index is 0.00496. The van der Waals surface area contributed by atoms with Crippen LogP contribution in [0.5, 0.6) is 0 Å². The molecule has 0 aliphatic carbocycles. The van der Waals surface area contributed by atoms with Crippen molar-refractivity contribution in [2.75, 3.05) is 5.32 Å². The fourth-order valence-corrected chi connectivity index (χ4v) is 2.29. The number of aromatic nitrogens is 2. The van der Waals surface area contributed by atoms with E-state index in [1.165, 1.54) is 6.20 Å². The number of aromatic amines is 1. The fourth-order valence-electron chi connectivity index (χ4n) is 2.29. The molecule has 0 spiro atoms. The van der Waals surface area contributed by atoms with Gasteiger partial charge >= 0.3 is 6.18 Å². The van der Waals surface area contributed by atoms with Crippen molar-refractivity contribution in [2.45, 2.75) is 12.3 Å². The number of aliphatic hydroxyl groups is 1. The standard InChI is InChI=1S/C16H11F4N3O2/c17-10-5-11-12(7-22-14(11)21-6-10)23-15(25)13(24)8-1-3-9(4-2-8)16(18,19)20/h1-7,13,24H,(H,21,22)(H,23,25). The van der Waals surface area contributed by atoms with Crippen LogP contribution in [0.2, 0.25) is 0 Å². The van der Waals surface area contributed by atoms with Crippen LogP contribution in [0.4, 0.5) is 23.2 Å². The molecule has 3 aromatic rings. The first-order valence-corrected chi connectivity index (χ1v) is 7.04. The topological polar surface area (TPSA) is 78.0 Å². The molecular formula is C16H11F4N3O2. The highest BCUT2D eigenvalue weighted by Gasteiger charge is 2.30. The second-order valence-electron chi connectivity index (χ2n) is 5.26. The Morgan fingerprint density at radius 3 is 2.56 bits per heavy atom. The number of nitrogens with zero attached hydrogens (tertiary/aromatic N) is 1. The summed E-state index contributed by atoms with van der Waals surface area (Å²) in [6.07, 6.45) is -3.82. The number of halogens is 4. The molecule has 5 nitrogen and oxygen atoms in total. The molecule has 25 heavy (non-hydrogen) atoms. The highest BCUT2D eigenvalue weighted by atomic mass is 19.4. The maximum atomic E-state index is 13.3. The van der Waals surface area contributed by atoms with Crippen LogP contribution in [0, 0.1) is 5.82 Å². The quantitative estimate of drug-likeness (QED) is 0.632. The minimum Gasteiger partial charge on any atom is -0.378 e. The van der Waals surface area contributed by atoms with Gasteiger partial charge in [-0.3, -0.25) is 4.79 Å². The number of hydrogen-bond acceptors (Lipinski definition) is 3. The Balaban J connectivity index is 1.79. The van der Waals surface area contributed by atoms with Gasteiger partial charge in [-0.2, -0.15) is 13.2 Å². The summed E-state index contributed by atoms with van der Waals surface area (Å²) in [7, 11) is 0. The van der Waals surface area contributed by atoms with E-state index in [-0.39, 0.29) is 11.3 Å². The number of rotatable bonds is 3. The van der Waals surface area contributed by atoms with Gasteiger partial charge in [0, 0.05) is 11.6 Å². The van der Waals surface area contributed by atoms with Gasteiger partial charge in [-0.25, -0.2) is 9.37 Å².